The van der Waals surface area contributed by atoms with Gasteiger partial charge in [-0.25, -0.2) is 0 Å². The Morgan fingerprint density at radius 1 is 1.30 bits per heavy atom. The Kier molecular flexibility index (Phi) is 2.68. The van der Waals surface area contributed by atoms with E-state index in [1.54, 1.807) is 0 Å². The van der Waals surface area contributed by atoms with E-state index in [1.807, 2.05) is 24.3 Å². The molecular formula is C7H9ClN2. The average molecular weight is 157 g/mol. The molecule has 1 aromatic rings. The zero-order valence-corrected chi connectivity index (χ0v) is 6.23. The average Bonchev–Trinajstić information content (AvgIpc) is 1.95. The first kappa shape index (κ1) is 7.54. The summed E-state index contributed by atoms with van der Waals surface area (Å²) in [5.74, 6) is 5.12. The van der Waals surface area contributed by atoms with Crippen LogP contribution in [0.1, 0.15) is 5.56 Å². The van der Waals surface area contributed by atoms with Gasteiger partial charge in [-0.15, -0.1) is 0 Å². The van der Waals surface area contributed by atoms with E-state index in [0.29, 0.717) is 6.54 Å². The van der Waals surface area contributed by atoms with Crippen LogP contribution in [0.15, 0.2) is 24.3 Å². The monoisotopic (exact) mass is 156 g/mol. The summed E-state index contributed by atoms with van der Waals surface area (Å²) < 4.78 is 0. The highest BCUT2D eigenvalue weighted by Gasteiger charge is 1.88. The first-order valence-corrected chi connectivity index (χ1v) is 3.38. The summed E-state index contributed by atoms with van der Waals surface area (Å²) in [5, 5.41) is 0.751. The second-order valence-electron chi connectivity index (χ2n) is 2.01. The number of benzene rings is 1. The molecule has 10 heavy (non-hydrogen) atoms. The number of nitrogens with two attached hydrogens (primary N) is 1. The van der Waals surface area contributed by atoms with Gasteiger partial charge in [-0.05, 0) is 17.7 Å². The first-order valence-electron chi connectivity index (χ1n) is 3.01. The number of hydrogen-bond acceptors (Lipinski definition) is 2. The molecule has 0 amide bonds. The van der Waals surface area contributed by atoms with Crippen molar-refractivity contribution in [3.05, 3.63) is 34.9 Å². The van der Waals surface area contributed by atoms with Crippen LogP contribution in [0.5, 0.6) is 0 Å². The maximum Gasteiger partial charge on any atom is 0.0406 e. The van der Waals surface area contributed by atoms with Crippen LogP contribution in [0.2, 0.25) is 5.02 Å². The standard InChI is InChI=1S/C7H9ClN2/c8-7-3-1-6(2-4-7)5-10-9/h1-4,10H,5,9H2. The van der Waals surface area contributed by atoms with Gasteiger partial charge in [0.2, 0.25) is 0 Å². The largest absolute Gasteiger partial charge is 0.271 e. The molecule has 0 spiro atoms. The molecule has 2 nitrogen and oxygen atoms in total. The molecule has 0 saturated carbocycles. The number of hydrazine groups is 1. The minimum absolute atomic E-state index is 0.678. The smallest absolute Gasteiger partial charge is 0.0406 e. The maximum atomic E-state index is 5.66. The second kappa shape index (κ2) is 3.56. The lowest BCUT2D eigenvalue weighted by atomic mass is 10.2. The van der Waals surface area contributed by atoms with Crippen LogP contribution < -0.4 is 11.3 Å². The van der Waals surface area contributed by atoms with Crippen molar-refractivity contribution in [1.29, 1.82) is 0 Å². The molecule has 0 atom stereocenters. The van der Waals surface area contributed by atoms with Crippen LogP contribution in [0.4, 0.5) is 0 Å². The SMILES string of the molecule is NNCc1ccc(Cl)cc1. The minimum Gasteiger partial charge on any atom is -0.271 e. The van der Waals surface area contributed by atoms with Crippen molar-refractivity contribution < 1.29 is 0 Å². The molecule has 3 N–H and O–H groups in total. The molecule has 0 aliphatic carbocycles. The molecular weight excluding hydrogens is 148 g/mol. The van der Waals surface area contributed by atoms with Gasteiger partial charge in [0.15, 0.2) is 0 Å². The van der Waals surface area contributed by atoms with Crippen LogP contribution in [0.25, 0.3) is 0 Å². The summed E-state index contributed by atoms with van der Waals surface area (Å²) in [6, 6.07) is 7.55. The van der Waals surface area contributed by atoms with Crippen LogP contribution >= 0.6 is 11.6 Å². The zero-order valence-electron chi connectivity index (χ0n) is 5.47. The fourth-order valence-corrected chi connectivity index (χ4v) is 0.846. The normalized spacial score (nSPS) is 9.80. The Balaban J connectivity index is 2.69. The van der Waals surface area contributed by atoms with Crippen LogP contribution in [-0.2, 0) is 6.54 Å². The van der Waals surface area contributed by atoms with E-state index in [9.17, 15) is 0 Å². The zero-order chi connectivity index (χ0) is 7.40. The number of hydrogen-bond donors (Lipinski definition) is 2. The third kappa shape index (κ3) is 1.99. The van der Waals surface area contributed by atoms with Crippen molar-refractivity contribution in [2.45, 2.75) is 6.54 Å². The molecule has 1 aromatic carbocycles. The third-order valence-corrected chi connectivity index (χ3v) is 1.47. The lowest BCUT2D eigenvalue weighted by Crippen LogP contribution is -2.20. The minimum atomic E-state index is 0.678. The number of rotatable bonds is 2. The fourth-order valence-electron chi connectivity index (χ4n) is 0.720. The van der Waals surface area contributed by atoms with Crippen molar-refractivity contribution in [2.75, 3.05) is 0 Å². The van der Waals surface area contributed by atoms with E-state index in [1.165, 1.54) is 0 Å². The molecule has 0 radical (unpaired) electrons. The van der Waals surface area contributed by atoms with E-state index >= 15 is 0 Å². The summed E-state index contributed by atoms with van der Waals surface area (Å²) in [6.07, 6.45) is 0. The first-order chi connectivity index (χ1) is 4.83. The Hall–Kier alpha value is -0.570. The topological polar surface area (TPSA) is 38.0 Å². The van der Waals surface area contributed by atoms with Crippen LogP contribution in [-0.4, -0.2) is 0 Å². The van der Waals surface area contributed by atoms with Gasteiger partial charge >= 0.3 is 0 Å². The van der Waals surface area contributed by atoms with Gasteiger partial charge in [-0.1, -0.05) is 23.7 Å². The Morgan fingerprint density at radius 2 is 1.90 bits per heavy atom. The molecule has 0 aliphatic rings. The van der Waals surface area contributed by atoms with Crippen molar-refractivity contribution in [3.63, 3.8) is 0 Å². The maximum absolute atomic E-state index is 5.66. The Labute approximate surface area is 65.0 Å². The second-order valence-corrected chi connectivity index (χ2v) is 2.44. The molecule has 0 aliphatic heterocycles. The molecule has 1 rings (SSSR count). The van der Waals surface area contributed by atoms with Gasteiger partial charge in [-0.2, -0.15) is 0 Å². The van der Waals surface area contributed by atoms with Crippen molar-refractivity contribution in [2.24, 2.45) is 5.84 Å². The molecule has 54 valence electrons. The van der Waals surface area contributed by atoms with E-state index < -0.39 is 0 Å². The van der Waals surface area contributed by atoms with Gasteiger partial charge in [-0.3, -0.25) is 11.3 Å². The van der Waals surface area contributed by atoms with Crippen molar-refractivity contribution in [1.82, 2.24) is 5.43 Å². The molecule has 0 fully saturated rings. The molecule has 0 aromatic heterocycles. The summed E-state index contributed by atoms with van der Waals surface area (Å²) >= 11 is 5.66. The highest BCUT2D eigenvalue weighted by Crippen LogP contribution is 2.08. The predicted molar refractivity (Wildman–Crippen MR) is 42.5 cm³/mol. The van der Waals surface area contributed by atoms with Gasteiger partial charge in [0, 0.05) is 11.6 Å². The third-order valence-electron chi connectivity index (χ3n) is 1.22. The van der Waals surface area contributed by atoms with Gasteiger partial charge in [0.1, 0.15) is 0 Å². The molecule has 0 unspecified atom stereocenters. The predicted octanol–water partition coefficient (Wildman–Crippen LogP) is 1.30. The van der Waals surface area contributed by atoms with Gasteiger partial charge in [0.05, 0.1) is 0 Å². The summed E-state index contributed by atoms with van der Waals surface area (Å²) in [7, 11) is 0. The lowest BCUT2D eigenvalue weighted by molar-refractivity contribution is 0.741. The lowest BCUT2D eigenvalue weighted by Gasteiger charge is -1.97. The summed E-state index contributed by atoms with van der Waals surface area (Å²) in [4.78, 5) is 0. The summed E-state index contributed by atoms with van der Waals surface area (Å²) in [6.45, 7) is 0.678. The Morgan fingerprint density at radius 3 is 2.40 bits per heavy atom. The number of nitrogens with one attached hydrogen (secondary N) is 1. The quantitative estimate of drug-likeness (QED) is 0.501. The van der Waals surface area contributed by atoms with E-state index in [0.717, 1.165) is 10.6 Å². The molecule has 0 heterocycles. The summed E-state index contributed by atoms with van der Waals surface area (Å²) in [5.41, 5.74) is 3.69. The molecule has 0 bridgehead atoms. The highest BCUT2D eigenvalue weighted by molar-refractivity contribution is 6.30. The molecule has 0 saturated heterocycles. The van der Waals surface area contributed by atoms with Crippen molar-refractivity contribution in [3.8, 4) is 0 Å². The van der Waals surface area contributed by atoms with Gasteiger partial charge < -0.3 is 0 Å². The van der Waals surface area contributed by atoms with E-state index in [4.69, 9.17) is 17.4 Å². The van der Waals surface area contributed by atoms with E-state index in [-0.39, 0.29) is 0 Å². The fraction of sp³-hybridized carbons (Fsp3) is 0.143. The van der Waals surface area contributed by atoms with Crippen molar-refractivity contribution >= 4 is 11.6 Å². The van der Waals surface area contributed by atoms with Crippen LogP contribution in [0.3, 0.4) is 0 Å². The highest BCUT2D eigenvalue weighted by atomic mass is 35.5. The Bertz CT molecular complexity index is 195. The van der Waals surface area contributed by atoms with Crippen LogP contribution in [0, 0.1) is 0 Å². The van der Waals surface area contributed by atoms with Gasteiger partial charge in [0.25, 0.3) is 0 Å². The number of halogens is 1. The molecule has 3 heteroatoms. The van der Waals surface area contributed by atoms with E-state index in [2.05, 4.69) is 5.43 Å².